The summed E-state index contributed by atoms with van der Waals surface area (Å²) in [5, 5.41) is 6.54. The van der Waals surface area contributed by atoms with Crippen molar-refractivity contribution in [2.75, 3.05) is 13.1 Å². The maximum absolute atomic E-state index is 12.4. The molecule has 150 valence electrons. The lowest BCUT2D eigenvalue weighted by Crippen LogP contribution is -2.35. The second kappa shape index (κ2) is 11.0. The van der Waals surface area contributed by atoms with E-state index in [-0.39, 0.29) is 5.91 Å². The van der Waals surface area contributed by atoms with Gasteiger partial charge in [0.15, 0.2) is 0 Å². The number of carbonyl (C=O) groups is 1. The predicted octanol–water partition coefficient (Wildman–Crippen LogP) is 4.05. The highest BCUT2D eigenvalue weighted by atomic mass is 16.5. The zero-order chi connectivity index (χ0) is 19.6. The van der Waals surface area contributed by atoms with Gasteiger partial charge in [-0.3, -0.25) is 4.79 Å². The minimum atomic E-state index is 0.137. The SMILES string of the molecule is CC(CC(=O)NCc1ccccc1COCc1ccccc1)C1CCCNC1. The van der Waals surface area contributed by atoms with Crippen molar-refractivity contribution >= 4 is 5.91 Å². The van der Waals surface area contributed by atoms with Crippen LogP contribution in [-0.4, -0.2) is 19.0 Å². The van der Waals surface area contributed by atoms with Gasteiger partial charge in [0.1, 0.15) is 0 Å². The van der Waals surface area contributed by atoms with E-state index in [1.54, 1.807) is 0 Å². The summed E-state index contributed by atoms with van der Waals surface area (Å²) in [7, 11) is 0. The molecule has 1 aliphatic heterocycles. The number of hydrogen-bond acceptors (Lipinski definition) is 3. The van der Waals surface area contributed by atoms with Crippen LogP contribution in [0.5, 0.6) is 0 Å². The molecule has 4 nitrogen and oxygen atoms in total. The van der Waals surface area contributed by atoms with E-state index in [4.69, 9.17) is 4.74 Å². The highest BCUT2D eigenvalue weighted by molar-refractivity contribution is 5.76. The summed E-state index contributed by atoms with van der Waals surface area (Å²) in [5.41, 5.74) is 3.42. The molecule has 2 aromatic rings. The number of nitrogens with one attached hydrogen (secondary N) is 2. The summed E-state index contributed by atoms with van der Waals surface area (Å²) in [6.07, 6.45) is 3.04. The fraction of sp³-hybridized carbons (Fsp3) is 0.458. The lowest BCUT2D eigenvalue weighted by molar-refractivity contribution is -0.122. The highest BCUT2D eigenvalue weighted by Gasteiger charge is 2.21. The number of amides is 1. The second-order valence-electron chi connectivity index (χ2n) is 7.81. The smallest absolute Gasteiger partial charge is 0.220 e. The first kappa shape index (κ1) is 20.6. The molecule has 1 saturated heterocycles. The van der Waals surface area contributed by atoms with E-state index in [0.29, 0.717) is 38.0 Å². The van der Waals surface area contributed by atoms with Crippen LogP contribution < -0.4 is 10.6 Å². The zero-order valence-corrected chi connectivity index (χ0v) is 16.8. The van der Waals surface area contributed by atoms with Crippen LogP contribution in [0.15, 0.2) is 54.6 Å². The molecule has 0 saturated carbocycles. The van der Waals surface area contributed by atoms with Crippen LogP contribution in [0.3, 0.4) is 0 Å². The molecule has 2 atom stereocenters. The monoisotopic (exact) mass is 380 g/mol. The van der Waals surface area contributed by atoms with Crippen molar-refractivity contribution in [3.8, 4) is 0 Å². The van der Waals surface area contributed by atoms with Crippen molar-refractivity contribution in [3.63, 3.8) is 0 Å². The molecular weight excluding hydrogens is 348 g/mol. The van der Waals surface area contributed by atoms with E-state index in [1.807, 2.05) is 30.3 Å². The number of benzene rings is 2. The van der Waals surface area contributed by atoms with Crippen molar-refractivity contribution in [2.45, 2.75) is 45.9 Å². The molecule has 3 rings (SSSR count). The minimum Gasteiger partial charge on any atom is -0.372 e. The summed E-state index contributed by atoms with van der Waals surface area (Å²) in [5.74, 6) is 1.16. The van der Waals surface area contributed by atoms with Gasteiger partial charge in [-0.2, -0.15) is 0 Å². The first-order valence-electron chi connectivity index (χ1n) is 10.4. The van der Waals surface area contributed by atoms with Crippen LogP contribution in [0.1, 0.15) is 42.9 Å². The molecule has 0 aromatic heterocycles. The molecule has 0 bridgehead atoms. The maximum Gasteiger partial charge on any atom is 0.220 e. The third-order valence-electron chi connectivity index (χ3n) is 5.61. The molecule has 2 N–H and O–H groups in total. The first-order chi connectivity index (χ1) is 13.7. The number of rotatable bonds is 9. The summed E-state index contributed by atoms with van der Waals surface area (Å²) >= 11 is 0. The van der Waals surface area contributed by atoms with Gasteiger partial charge in [0.25, 0.3) is 0 Å². The van der Waals surface area contributed by atoms with Crippen LogP contribution >= 0.6 is 0 Å². The number of carbonyl (C=O) groups excluding carboxylic acids is 1. The Morgan fingerprint density at radius 3 is 2.61 bits per heavy atom. The summed E-state index contributed by atoms with van der Waals surface area (Å²) in [6, 6.07) is 18.3. The molecule has 28 heavy (non-hydrogen) atoms. The quantitative estimate of drug-likeness (QED) is 0.690. The molecule has 1 heterocycles. The van der Waals surface area contributed by atoms with Gasteiger partial charge in [-0.25, -0.2) is 0 Å². The Hall–Kier alpha value is -2.17. The average molecular weight is 381 g/mol. The summed E-state index contributed by atoms with van der Waals surface area (Å²) in [4.78, 5) is 12.4. The molecule has 0 radical (unpaired) electrons. The van der Waals surface area contributed by atoms with Gasteiger partial charge in [0.05, 0.1) is 13.2 Å². The largest absolute Gasteiger partial charge is 0.372 e. The maximum atomic E-state index is 12.4. The van der Waals surface area contributed by atoms with Crippen LogP contribution in [0.2, 0.25) is 0 Å². The fourth-order valence-electron chi connectivity index (χ4n) is 3.81. The molecule has 1 fully saturated rings. The van der Waals surface area contributed by atoms with Gasteiger partial charge < -0.3 is 15.4 Å². The molecular formula is C24H32N2O2. The van der Waals surface area contributed by atoms with E-state index in [2.05, 4.69) is 41.8 Å². The van der Waals surface area contributed by atoms with Gasteiger partial charge in [-0.05, 0) is 54.5 Å². The van der Waals surface area contributed by atoms with E-state index < -0.39 is 0 Å². The van der Waals surface area contributed by atoms with Gasteiger partial charge >= 0.3 is 0 Å². The Kier molecular flexibility index (Phi) is 8.07. The van der Waals surface area contributed by atoms with Gasteiger partial charge in [-0.1, -0.05) is 61.5 Å². The van der Waals surface area contributed by atoms with Gasteiger partial charge in [0.2, 0.25) is 5.91 Å². The Bertz CT molecular complexity index is 726. The third-order valence-corrected chi connectivity index (χ3v) is 5.61. The molecule has 0 aliphatic carbocycles. The first-order valence-corrected chi connectivity index (χ1v) is 10.4. The predicted molar refractivity (Wildman–Crippen MR) is 113 cm³/mol. The summed E-state index contributed by atoms with van der Waals surface area (Å²) < 4.78 is 5.88. The second-order valence-corrected chi connectivity index (χ2v) is 7.81. The number of hydrogen-bond donors (Lipinski definition) is 2. The van der Waals surface area contributed by atoms with Crippen molar-refractivity contribution in [1.29, 1.82) is 0 Å². The number of piperidine rings is 1. The minimum absolute atomic E-state index is 0.137. The molecule has 1 amide bonds. The lowest BCUT2D eigenvalue weighted by Gasteiger charge is -2.28. The van der Waals surface area contributed by atoms with E-state index in [0.717, 1.165) is 24.2 Å². The highest BCUT2D eigenvalue weighted by Crippen LogP contribution is 2.22. The van der Waals surface area contributed by atoms with Crippen LogP contribution in [0, 0.1) is 11.8 Å². The van der Waals surface area contributed by atoms with E-state index >= 15 is 0 Å². The number of ether oxygens (including phenoxy) is 1. The van der Waals surface area contributed by atoms with Gasteiger partial charge in [-0.15, -0.1) is 0 Å². The average Bonchev–Trinajstić information content (AvgIpc) is 2.74. The summed E-state index contributed by atoms with van der Waals surface area (Å²) in [6.45, 7) is 6.04. The third kappa shape index (κ3) is 6.47. The lowest BCUT2D eigenvalue weighted by atomic mass is 9.85. The fourth-order valence-corrected chi connectivity index (χ4v) is 3.81. The Morgan fingerprint density at radius 2 is 1.86 bits per heavy atom. The van der Waals surface area contributed by atoms with Gasteiger partial charge in [0, 0.05) is 13.0 Å². The Morgan fingerprint density at radius 1 is 1.11 bits per heavy atom. The Balaban J connectivity index is 1.45. The van der Waals surface area contributed by atoms with Crippen LogP contribution in [-0.2, 0) is 29.3 Å². The van der Waals surface area contributed by atoms with Crippen molar-refractivity contribution in [1.82, 2.24) is 10.6 Å². The standard InChI is InChI=1S/C24H32N2O2/c1-19(21-12-7-13-25-15-21)14-24(27)26-16-22-10-5-6-11-23(22)18-28-17-20-8-3-2-4-9-20/h2-6,8-11,19,21,25H,7,12-18H2,1H3,(H,26,27). The normalized spacial score (nSPS) is 17.8. The van der Waals surface area contributed by atoms with Crippen LogP contribution in [0.25, 0.3) is 0 Å². The topological polar surface area (TPSA) is 50.4 Å². The van der Waals surface area contributed by atoms with Crippen molar-refractivity contribution in [2.24, 2.45) is 11.8 Å². The van der Waals surface area contributed by atoms with Crippen LogP contribution in [0.4, 0.5) is 0 Å². The Labute approximate surface area is 168 Å². The molecule has 0 spiro atoms. The van der Waals surface area contributed by atoms with Crippen molar-refractivity contribution < 1.29 is 9.53 Å². The molecule has 2 aromatic carbocycles. The van der Waals surface area contributed by atoms with E-state index in [9.17, 15) is 4.79 Å². The molecule has 2 unspecified atom stereocenters. The van der Waals surface area contributed by atoms with Crippen molar-refractivity contribution in [3.05, 3.63) is 71.3 Å². The molecule has 1 aliphatic rings. The van der Waals surface area contributed by atoms with E-state index in [1.165, 1.54) is 18.4 Å². The molecule has 4 heteroatoms. The zero-order valence-electron chi connectivity index (χ0n) is 16.8.